The Hall–Kier alpha value is -1.95. The van der Waals surface area contributed by atoms with E-state index in [9.17, 15) is 4.79 Å². The minimum Gasteiger partial charge on any atom is -0.382 e. The summed E-state index contributed by atoms with van der Waals surface area (Å²) in [7, 11) is 0. The molecule has 0 bridgehead atoms. The number of carbonyl (C=O) groups is 1. The van der Waals surface area contributed by atoms with Crippen LogP contribution in [0.4, 0.5) is 0 Å². The summed E-state index contributed by atoms with van der Waals surface area (Å²) in [5, 5.41) is 7.38. The van der Waals surface area contributed by atoms with Crippen LogP contribution in [0.25, 0.3) is 5.65 Å². The number of hydrogen-bond donors (Lipinski definition) is 1. The van der Waals surface area contributed by atoms with Crippen LogP contribution in [0.2, 0.25) is 0 Å². The summed E-state index contributed by atoms with van der Waals surface area (Å²) >= 11 is 0. The molecule has 0 spiro atoms. The summed E-state index contributed by atoms with van der Waals surface area (Å²) in [6.45, 7) is 3.93. The summed E-state index contributed by atoms with van der Waals surface area (Å²) in [5.41, 5.74) is 3.71. The van der Waals surface area contributed by atoms with Crippen molar-refractivity contribution in [3.8, 4) is 0 Å². The molecule has 6 nitrogen and oxygen atoms in total. The predicted molar refractivity (Wildman–Crippen MR) is 92.3 cm³/mol. The Morgan fingerprint density at radius 3 is 2.92 bits per heavy atom. The minimum atomic E-state index is -0.111. The minimum absolute atomic E-state index is 0.111. The monoisotopic (exact) mass is 330 g/mol. The van der Waals surface area contributed by atoms with E-state index in [2.05, 4.69) is 15.4 Å². The van der Waals surface area contributed by atoms with Crippen LogP contribution < -0.4 is 5.32 Å². The third-order valence-electron chi connectivity index (χ3n) is 4.52. The molecule has 1 aliphatic rings. The van der Waals surface area contributed by atoms with Crippen molar-refractivity contribution in [3.63, 3.8) is 0 Å². The van der Waals surface area contributed by atoms with E-state index in [1.54, 1.807) is 6.20 Å². The molecule has 6 heteroatoms. The Labute approximate surface area is 142 Å². The average molecular weight is 330 g/mol. The molecule has 0 saturated carbocycles. The summed E-state index contributed by atoms with van der Waals surface area (Å²) in [4.78, 5) is 16.9. The Bertz CT molecular complexity index is 696. The molecule has 2 heterocycles. The first kappa shape index (κ1) is 16.9. The highest BCUT2D eigenvalue weighted by Crippen LogP contribution is 2.21. The van der Waals surface area contributed by atoms with Gasteiger partial charge < -0.3 is 10.1 Å². The lowest BCUT2D eigenvalue weighted by Crippen LogP contribution is -2.25. The first-order valence-corrected chi connectivity index (χ1v) is 9.01. The van der Waals surface area contributed by atoms with Crippen molar-refractivity contribution in [1.29, 1.82) is 0 Å². The molecule has 1 amide bonds. The van der Waals surface area contributed by atoms with Crippen LogP contribution in [0.5, 0.6) is 0 Å². The van der Waals surface area contributed by atoms with Crippen LogP contribution in [-0.2, 0) is 17.6 Å². The van der Waals surface area contributed by atoms with Gasteiger partial charge in [0.15, 0.2) is 5.65 Å². The topological polar surface area (TPSA) is 68.5 Å². The first-order valence-electron chi connectivity index (χ1n) is 9.01. The Morgan fingerprint density at radius 1 is 1.25 bits per heavy atom. The second kappa shape index (κ2) is 8.24. The van der Waals surface area contributed by atoms with Crippen LogP contribution in [0.15, 0.2) is 12.4 Å². The van der Waals surface area contributed by atoms with Gasteiger partial charge in [0, 0.05) is 31.6 Å². The van der Waals surface area contributed by atoms with Gasteiger partial charge in [0.1, 0.15) is 5.56 Å². The first-order chi connectivity index (χ1) is 11.8. The molecule has 0 aliphatic heterocycles. The van der Waals surface area contributed by atoms with Crippen molar-refractivity contribution in [2.45, 2.75) is 51.9 Å². The van der Waals surface area contributed by atoms with Crippen LogP contribution in [0.3, 0.4) is 0 Å². The Balaban J connectivity index is 1.75. The van der Waals surface area contributed by atoms with Crippen molar-refractivity contribution in [3.05, 3.63) is 29.2 Å². The predicted octanol–water partition coefficient (Wildman–Crippen LogP) is 2.54. The van der Waals surface area contributed by atoms with Gasteiger partial charge in [-0.3, -0.25) is 4.79 Å². The third-order valence-corrected chi connectivity index (χ3v) is 4.52. The fraction of sp³-hybridized carbons (Fsp3) is 0.611. The molecule has 24 heavy (non-hydrogen) atoms. The number of carbonyl (C=O) groups excluding carboxylic acids is 1. The fourth-order valence-electron chi connectivity index (χ4n) is 3.23. The summed E-state index contributed by atoms with van der Waals surface area (Å²) in [6, 6.07) is 0. The largest absolute Gasteiger partial charge is 0.382 e. The molecule has 1 aliphatic carbocycles. The number of aromatic nitrogens is 3. The zero-order chi connectivity index (χ0) is 16.8. The van der Waals surface area contributed by atoms with Crippen LogP contribution in [0.1, 0.15) is 60.6 Å². The van der Waals surface area contributed by atoms with Crippen molar-refractivity contribution in [2.24, 2.45) is 0 Å². The zero-order valence-electron chi connectivity index (χ0n) is 14.4. The lowest BCUT2D eigenvalue weighted by molar-refractivity contribution is 0.0945. The lowest BCUT2D eigenvalue weighted by Gasteiger charge is -2.14. The molecule has 0 aromatic carbocycles. The Kier molecular flexibility index (Phi) is 5.80. The highest BCUT2D eigenvalue weighted by molar-refractivity contribution is 5.99. The van der Waals surface area contributed by atoms with Gasteiger partial charge in [-0.2, -0.15) is 5.10 Å². The average Bonchev–Trinajstić information content (AvgIpc) is 2.99. The zero-order valence-corrected chi connectivity index (χ0v) is 14.4. The molecule has 3 rings (SSSR count). The molecular formula is C18H26N4O2. The number of aryl methyl sites for hydroxylation is 2. The molecule has 0 unspecified atom stereocenters. The van der Waals surface area contributed by atoms with E-state index in [0.717, 1.165) is 19.3 Å². The number of nitrogens with one attached hydrogen (secondary N) is 1. The molecule has 0 atom stereocenters. The number of fused-ring (bicyclic) bond motifs is 3. The van der Waals surface area contributed by atoms with Gasteiger partial charge in [0.2, 0.25) is 0 Å². The van der Waals surface area contributed by atoms with Gasteiger partial charge in [-0.15, -0.1) is 0 Å². The van der Waals surface area contributed by atoms with E-state index < -0.39 is 0 Å². The van der Waals surface area contributed by atoms with Crippen LogP contribution in [0, 0.1) is 0 Å². The van der Waals surface area contributed by atoms with E-state index in [0.29, 0.717) is 31.0 Å². The number of ether oxygens (including phenoxy) is 1. The summed E-state index contributed by atoms with van der Waals surface area (Å²) in [5.74, 6) is -0.111. The summed E-state index contributed by atoms with van der Waals surface area (Å²) < 4.78 is 7.15. The van der Waals surface area contributed by atoms with Gasteiger partial charge in [0.25, 0.3) is 5.91 Å². The quantitative estimate of drug-likeness (QED) is 0.827. The number of nitrogens with zero attached hydrogens (tertiary/aromatic N) is 3. The lowest BCUT2D eigenvalue weighted by atomic mass is 9.98. The van der Waals surface area contributed by atoms with Gasteiger partial charge in [-0.1, -0.05) is 12.8 Å². The van der Waals surface area contributed by atoms with Crippen LogP contribution in [-0.4, -0.2) is 40.3 Å². The Morgan fingerprint density at radius 2 is 2.08 bits per heavy atom. The van der Waals surface area contributed by atoms with Gasteiger partial charge >= 0.3 is 0 Å². The van der Waals surface area contributed by atoms with Gasteiger partial charge in [-0.05, 0) is 44.6 Å². The molecule has 0 radical (unpaired) electrons. The molecule has 130 valence electrons. The maximum atomic E-state index is 12.4. The highest BCUT2D eigenvalue weighted by atomic mass is 16.5. The standard InChI is InChI=1S/C18H26N4O2/c1-2-24-11-7-10-19-18(23)15-13-21-22-16-9-6-4-3-5-8-14(16)12-20-17(15)22/h12-13H,2-11H2,1H3,(H,19,23). The smallest absolute Gasteiger partial charge is 0.256 e. The number of rotatable bonds is 6. The van der Waals surface area contributed by atoms with Crippen molar-refractivity contribution in [2.75, 3.05) is 19.8 Å². The van der Waals surface area contributed by atoms with E-state index in [4.69, 9.17) is 4.74 Å². The van der Waals surface area contributed by atoms with Crippen molar-refractivity contribution in [1.82, 2.24) is 19.9 Å². The molecule has 2 aromatic rings. The van der Waals surface area contributed by atoms with E-state index in [1.807, 2.05) is 17.6 Å². The maximum absolute atomic E-state index is 12.4. The molecule has 0 fully saturated rings. The second-order valence-electron chi connectivity index (χ2n) is 6.24. The maximum Gasteiger partial charge on any atom is 0.256 e. The summed E-state index contributed by atoms with van der Waals surface area (Å²) in [6.07, 6.45) is 11.4. The van der Waals surface area contributed by atoms with Crippen LogP contribution >= 0.6 is 0 Å². The molecule has 1 N–H and O–H groups in total. The normalized spacial score (nSPS) is 14.9. The SMILES string of the molecule is CCOCCCNC(=O)c1cnn2c3c(cnc12)CCCCCC3. The van der Waals surface area contributed by atoms with E-state index >= 15 is 0 Å². The van der Waals surface area contributed by atoms with Gasteiger partial charge in [0.05, 0.1) is 6.20 Å². The number of hydrogen-bond acceptors (Lipinski definition) is 4. The molecular weight excluding hydrogens is 304 g/mol. The second-order valence-corrected chi connectivity index (χ2v) is 6.24. The van der Waals surface area contributed by atoms with Crippen molar-refractivity contribution < 1.29 is 9.53 Å². The van der Waals surface area contributed by atoms with Gasteiger partial charge in [-0.25, -0.2) is 9.50 Å². The van der Waals surface area contributed by atoms with E-state index in [-0.39, 0.29) is 5.91 Å². The molecule has 0 saturated heterocycles. The van der Waals surface area contributed by atoms with E-state index in [1.165, 1.54) is 36.9 Å². The molecule has 2 aromatic heterocycles. The fourth-order valence-corrected chi connectivity index (χ4v) is 3.23. The highest BCUT2D eigenvalue weighted by Gasteiger charge is 2.18. The third kappa shape index (κ3) is 3.75. The number of amides is 1. The van der Waals surface area contributed by atoms with Crippen molar-refractivity contribution >= 4 is 11.6 Å².